The molecule has 3 rings (SSSR count). The number of aromatic nitrogens is 1. The number of amides is 1. The summed E-state index contributed by atoms with van der Waals surface area (Å²) < 4.78 is 13.9. The number of carbonyl (C=O) groups excluding carboxylic acids is 1. The molecule has 0 radical (unpaired) electrons. The predicted molar refractivity (Wildman–Crippen MR) is 92.4 cm³/mol. The number of pyridine rings is 1. The molecular formula is C18H27FN4O. The first-order chi connectivity index (χ1) is 11.5. The number of anilines is 1. The van der Waals surface area contributed by atoms with Crippen molar-refractivity contribution in [3.05, 3.63) is 24.1 Å². The lowest BCUT2D eigenvalue weighted by atomic mass is 9.72. The van der Waals surface area contributed by atoms with Crippen molar-refractivity contribution in [1.29, 1.82) is 0 Å². The predicted octanol–water partition coefficient (Wildman–Crippen LogP) is 1.99. The van der Waals surface area contributed by atoms with E-state index < -0.39 is 0 Å². The van der Waals surface area contributed by atoms with Crippen LogP contribution >= 0.6 is 0 Å². The molecule has 1 aromatic heterocycles. The summed E-state index contributed by atoms with van der Waals surface area (Å²) in [6.07, 6.45) is 5.24. The number of hydrogen-bond acceptors (Lipinski definition) is 4. The Morgan fingerprint density at radius 3 is 2.71 bits per heavy atom. The van der Waals surface area contributed by atoms with Gasteiger partial charge >= 0.3 is 0 Å². The normalized spacial score (nSPS) is 20.9. The zero-order valence-corrected chi connectivity index (χ0v) is 14.7. The van der Waals surface area contributed by atoms with Gasteiger partial charge < -0.3 is 14.7 Å². The Hall–Kier alpha value is -1.69. The summed E-state index contributed by atoms with van der Waals surface area (Å²) in [6, 6.07) is 3.09. The molecule has 3 heterocycles. The van der Waals surface area contributed by atoms with Crippen LogP contribution in [0.1, 0.15) is 25.7 Å². The van der Waals surface area contributed by atoms with E-state index in [1.54, 1.807) is 12.3 Å². The van der Waals surface area contributed by atoms with Crippen molar-refractivity contribution < 1.29 is 9.18 Å². The van der Waals surface area contributed by atoms with E-state index in [-0.39, 0.29) is 17.1 Å². The van der Waals surface area contributed by atoms with Crippen molar-refractivity contribution in [3.63, 3.8) is 0 Å². The molecule has 5 nitrogen and oxygen atoms in total. The Morgan fingerprint density at radius 1 is 1.29 bits per heavy atom. The van der Waals surface area contributed by atoms with Gasteiger partial charge in [0, 0.05) is 45.3 Å². The maximum Gasteiger partial charge on any atom is 0.222 e. The lowest BCUT2D eigenvalue weighted by Gasteiger charge is -2.47. The number of hydrogen-bond donors (Lipinski definition) is 0. The summed E-state index contributed by atoms with van der Waals surface area (Å²) in [7, 11) is 4.06. The van der Waals surface area contributed by atoms with Crippen LogP contribution in [0, 0.1) is 11.2 Å². The van der Waals surface area contributed by atoms with Gasteiger partial charge in [-0.3, -0.25) is 4.79 Å². The molecule has 2 saturated heterocycles. The van der Waals surface area contributed by atoms with E-state index in [2.05, 4.69) is 9.88 Å². The molecule has 2 aliphatic rings. The number of piperidine rings is 2. The zero-order valence-electron chi connectivity index (χ0n) is 14.7. The second-order valence-corrected chi connectivity index (χ2v) is 7.41. The number of nitrogens with zero attached hydrogens (tertiary/aromatic N) is 4. The van der Waals surface area contributed by atoms with E-state index in [9.17, 15) is 9.18 Å². The van der Waals surface area contributed by atoms with Crippen LogP contribution in [0.2, 0.25) is 0 Å². The van der Waals surface area contributed by atoms with Crippen LogP contribution in [-0.2, 0) is 4.79 Å². The number of halogens is 1. The maximum absolute atomic E-state index is 13.9. The molecule has 1 aromatic rings. The molecule has 0 saturated carbocycles. The van der Waals surface area contributed by atoms with E-state index in [1.165, 1.54) is 6.07 Å². The van der Waals surface area contributed by atoms with Gasteiger partial charge in [-0.2, -0.15) is 0 Å². The SMILES string of the molecule is CN(C)CCN1CC2(CCC1=O)CCN(c1ncccc1F)CC2. The van der Waals surface area contributed by atoms with E-state index in [0.717, 1.165) is 52.0 Å². The third-order valence-corrected chi connectivity index (χ3v) is 5.43. The summed E-state index contributed by atoms with van der Waals surface area (Å²) in [6.45, 7) is 4.16. The summed E-state index contributed by atoms with van der Waals surface area (Å²) in [5, 5.41) is 0. The van der Waals surface area contributed by atoms with Gasteiger partial charge in [0.1, 0.15) is 0 Å². The van der Waals surface area contributed by atoms with E-state index in [0.29, 0.717) is 12.2 Å². The molecule has 0 aliphatic carbocycles. The zero-order chi connectivity index (χ0) is 17.2. The second-order valence-electron chi connectivity index (χ2n) is 7.41. The summed E-state index contributed by atoms with van der Waals surface area (Å²) >= 11 is 0. The molecule has 132 valence electrons. The molecule has 24 heavy (non-hydrogen) atoms. The highest BCUT2D eigenvalue weighted by Gasteiger charge is 2.41. The van der Waals surface area contributed by atoms with E-state index in [1.807, 2.05) is 23.9 Å². The van der Waals surface area contributed by atoms with Crippen LogP contribution in [0.3, 0.4) is 0 Å². The average molecular weight is 334 g/mol. The topological polar surface area (TPSA) is 39.7 Å². The summed E-state index contributed by atoms with van der Waals surface area (Å²) in [5.41, 5.74) is 0.196. The first kappa shape index (κ1) is 17.1. The smallest absolute Gasteiger partial charge is 0.222 e. The first-order valence-corrected chi connectivity index (χ1v) is 8.77. The van der Waals surface area contributed by atoms with Crippen LogP contribution in [0.25, 0.3) is 0 Å². The molecule has 2 aliphatic heterocycles. The lowest BCUT2D eigenvalue weighted by molar-refractivity contribution is -0.138. The molecule has 0 unspecified atom stereocenters. The highest BCUT2D eigenvalue weighted by molar-refractivity contribution is 5.77. The third kappa shape index (κ3) is 3.69. The van der Waals surface area contributed by atoms with Crippen molar-refractivity contribution in [1.82, 2.24) is 14.8 Å². The Morgan fingerprint density at radius 2 is 2.04 bits per heavy atom. The maximum atomic E-state index is 13.9. The monoisotopic (exact) mass is 334 g/mol. The third-order valence-electron chi connectivity index (χ3n) is 5.43. The standard InChI is InChI=1S/C18H27FN4O/c1-21(2)12-13-23-14-18(6-5-16(23)24)7-10-22(11-8-18)17-15(19)4-3-9-20-17/h3-4,9H,5-8,10-14H2,1-2H3. The van der Waals surface area contributed by atoms with E-state index in [4.69, 9.17) is 0 Å². The molecule has 0 bridgehead atoms. The van der Waals surface area contributed by atoms with Gasteiger partial charge in [0.05, 0.1) is 0 Å². The van der Waals surface area contributed by atoms with Gasteiger partial charge in [0.15, 0.2) is 11.6 Å². The largest absolute Gasteiger partial charge is 0.354 e. The van der Waals surface area contributed by atoms with Crippen molar-refractivity contribution in [3.8, 4) is 0 Å². The average Bonchev–Trinajstić information content (AvgIpc) is 2.57. The van der Waals surface area contributed by atoms with E-state index >= 15 is 0 Å². The fraction of sp³-hybridized carbons (Fsp3) is 0.667. The van der Waals surface area contributed by atoms with Gasteiger partial charge in [0.25, 0.3) is 0 Å². The molecular weight excluding hydrogens is 307 g/mol. The molecule has 1 amide bonds. The van der Waals surface area contributed by atoms with Crippen molar-refractivity contribution in [2.75, 3.05) is 51.7 Å². The second kappa shape index (κ2) is 7.05. The first-order valence-electron chi connectivity index (χ1n) is 8.77. The molecule has 0 atom stereocenters. The Bertz CT molecular complexity index is 584. The fourth-order valence-electron chi connectivity index (χ4n) is 3.84. The Balaban J connectivity index is 1.62. The quantitative estimate of drug-likeness (QED) is 0.844. The van der Waals surface area contributed by atoms with Crippen LogP contribution in [0.15, 0.2) is 18.3 Å². The molecule has 1 spiro atoms. The molecule has 6 heteroatoms. The van der Waals surface area contributed by atoms with Crippen molar-refractivity contribution in [2.24, 2.45) is 5.41 Å². The van der Waals surface area contributed by atoms with Gasteiger partial charge in [-0.15, -0.1) is 0 Å². The summed E-state index contributed by atoms with van der Waals surface area (Å²) in [4.78, 5) is 22.6. The van der Waals surface area contributed by atoms with Gasteiger partial charge in [-0.05, 0) is 50.9 Å². The number of rotatable bonds is 4. The molecule has 0 N–H and O–H groups in total. The lowest BCUT2D eigenvalue weighted by Crippen LogP contribution is -2.52. The minimum absolute atomic E-state index is 0.196. The molecule has 2 fully saturated rings. The Kier molecular flexibility index (Phi) is 5.04. The van der Waals surface area contributed by atoms with Crippen LogP contribution < -0.4 is 4.90 Å². The van der Waals surface area contributed by atoms with Gasteiger partial charge in [-0.25, -0.2) is 9.37 Å². The van der Waals surface area contributed by atoms with Crippen molar-refractivity contribution >= 4 is 11.7 Å². The Labute approximate surface area is 143 Å². The highest BCUT2D eigenvalue weighted by atomic mass is 19.1. The minimum Gasteiger partial charge on any atom is -0.354 e. The van der Waals surface area contributed by atoms with Crippen molar-refractivity contribution in [2.45, 2.75) is 25.7 Å². The minimum atomic E-state index is -0.250. The highest BCUT2D eigenvalue weighted by Crippen LogP contribution is 2.41. The fourth-order valence-corrected chi connectivity index (χ4v) is 3.84. The van der Waals surface area contributed by atoms with Crippen LogP contribution in [0.4, 0.5) is 10.2 Å². The van der Waals surface area contributed by atoms with Crippen LogP contribution in [0.5, 0.6) is 0 Å². The summed E-state index contributed by atoms with van der Waals surface area (Å²) in [5.74, 6) is 0.490. The number of carbonyl (C=O) groups is 1. The van der Waals surface area contributed by atoms with Gasteiger partial charge in [-0.1, -0.05) is 0 Å². The number of likely N-dealkylation sites (N-methyl/N-ethyl adjacent to an activating group) is 1. The number of likely N-dealkylation sites (tertiary alicyclic amines) is 1. The molecule has 0 aromatic carbocycles. The van der Waals surface area contributed by atoms with Gasteiger partial charge in [0.2, 0.25) is 5.91 Å². The van der Waals surface area contributed by atoms with Crippen LogP contribution in [-0.4, -0.2) is 67.5 Å².